The minimum Gasteiger partial charge on any atom is -0.325 e. The monoisotopic (exact) mass is 427 g/mol. The Morgan fingerprint density at radius 2 is 1.86 bits per heavy atom. The maximum absolute atomic E-state index is 13.3. The van der Waals surface area contributed by atoms with Crippen LogP contribution >= 0.6 is 11.6 Å². The molecule has 2 aromatic carbocycles. The minimum absolute atomic E-state index is 0.0706. The molecule has 4 N–H and O–H groups in total. The van der Waals surface area contributed by atoms with Crippen molar-refractivity contribution in [1.29, 1.82) is 0 Å². The maximum atomic E-state index is 13.3. The highest BCUT2D eigenvalue weighted by Crippen LogP contribution is 2.28. The third kappa shape index (κ3) is 5.29. The molecular weight excluding hydrogens is 405 g/mol. The Morgan fingerprint density at radius 3 is 2.43 bits per heavy atom. The van der Waals surface area contributed by atoms with Gasteiger partial charge in [-0.1, -0.05) is 17.7 Å². The van der Waals surface area contributed by atoms with E-state index in [2.05, 4.69) is 10.6 Å². The molecule has 0 aromatic heterocycles. The Morgan fingerprint density at radius 1 is 1.21 bits per heavy atom. The second-order valence-corrected chi connectivity index (χ2v) is 9.08. The van der Waals surface area contributed by atoms with Crippen LogP contribution in [0.2, 0.25) is 5.02 Å². The van der Waals surface area contributed by atoms with Crippen LogP contribution in [-0.2, 0) is 20.4 Å². The molecule has 9 heteroatoms. The number of nitrogens with two attached hydrogens (primary N) is 1. The summed E-state index contributed by atoms with van der Waals surface area (Å²) in [6.45, 7) is 7.07. The van der Waals surface area contributed by atoms with Gasteiger partial charge < -0.3 is 5.32 Å². The predicted octanol–water partition coefficient (Wildman–Crippen LogP) is 3.21. The Balaban J connectivity index is 2.15. The molecule has 0 radical (unpaired) electrons. The Bertz CT molecular complexity index is 1020. The van der Waals surface area contributed by atoms with Crippen LogP contribution in [0.3, 0.4) is 0 Å². The number of amides is 1. The molecule has 28 heavy (non-hydrogen) atoms. The topological polar surface area (TPSA) is 101 Å². The fraction of sp³-hybridized carbons (Fsp3) is 0.316. The van der Waals surface area contributed by atoms with E-state index in [0.29, 0.717) is 16.8 Å². The minimum atomic E-state index is -3.89. The fourth-order valence-electron chi connectivity index (χ4n) is 2.71. The number of carbonyl (C=O) groups excluding carboxylic acids is 1. The van der Waals surface area contributed by atoms with Crippen LogP contribution in [0.1, 0.15) is 30.5 Å². The smallest absolute Gasteiger partial charge is 0.238 e. The lowest BCUT2D eigenvalue weighted by Gasteiger charge is -2.28. The van der Waals surface area contributed by atoms with Crippen molar-refractivity contribution in [3.05, 3.63) is 57.9 Å². The third-order valence-corrected chi connectivity index (χ3v) is 5.74. The number of anilines is 1. The van der Waals surface area contributed by atoms with Crippen molar-refractivity contribution in [3.8, 4) is 0 Å². The number of carbonyl (C=O) groups is 1. The summed E-state index contributed by atoms with van der Waals surface area (Å²) in [5.74, 6) is -0.816. The molecule has 0 fully saturated rings. The normalized spacial score (nSPS) is 12.1. The molecule has 0 aliphatic carbocycles. The maximum Gasteiger partial charge on any atom is 0.238 e. The molecule has 0 saturated heterocycles. The summed E-state index contributed by atoms with van der Waals surface area (Å²) in [6.07, 6.45) is 0. The van der Waals surface area contributed by atoms with Crippen molar-refractivity contribution in [2.24, 2.45) is 5.14 Å². The number of hydrogen-bond donors (Lipinski definition) is 3. The second kappa shape index (κ2) is 8.16. The Labute approximate surface area is 169 Å². The van der Waals surface area contributed by atoms with E-state index in [4.69, 9.17) is 16.7 Å². The lowest BCUT2D eigenvalue weighted by atomic mass is 9.94. The van der Waals surface area contributed by atoms with Gasteiger partial charge in [0.15, 0.2) is 0 Å². The number of nitrogens with one attached hydrogen (secondary N) is 2. The summed E-state index contributed by atoms with van der Waals surface area (Å²) >= 11 is 6.11. The van der Waals surface area contributed by atoms with Gasteiger partial charge in [0.1, 0.15) is 5.82 Å². The quantitative estimate of drug-likeness (QED) is 0.658. The van der Waals surface area contributed by atoms with Crippen LogP contribution in [0.25, 0.3) is 0 Å². The second-order valence-electron chi connectivity index (χ2n) is 7.11. The van der Waals surface area contributed by atoms with Crippen LogP contribution in [0.4, 0.5) is 10.1 Å². The van der Waals surface area contributed by atoms with Crippen molar-refractivity contribution in [1.82, 2.24) is 5.32 Å². The predicted molar refractivity (Wildman–Crippen MR) is 108 cm³/mol. The van der Waals surface area contributed by atoms with E-state index < -0.39 is 21.4 Å². The highest BCUT2D eigenvalue weighted by molar-refractivity contribution is 7.89. The molecule has 6 nitrogen and oxygen atoms in total. The number of hydrogen-bond acceptors (Lipinski definition) is 4. The SMILES string of the molecule is Cc1cc(S(N)(=O)=O)cc(NC(=O)CNC(C)(C)c2ccc(F)cc2Cl)c1C. The number of rotatable bonds is 6. The van der Waals surface area contributed by atoms with Gasteiger partial charge in [-0.05, 0) is 68.7 Å². The molecule has 0 spiro atoms. The summed E-state index contributed by atoms with van der Waals surface area (Å²) in [5, 5.41) is 11.2. The van der Waals surface area contributed by atoms with Crippen molar-refractivity contribution >= 4 is 33.2 Å². The van der Waals surface area contributed by atoms with E-state index in [0.717, 1.165) is 5.56 Å². The van der Waals surface area contributed by atoms with Crippen molar-refractivity contribution in [3.63, 3.8) is 0 Å². The van der Waals surface area contributed by atoms with Gasteiger partial charge in [-0.25, -0.2) is 17.9 Å². The van der Waals surface area contributed by atoms with E-state index in [9.17, 15) is 17.6 Å². The van der Waals surface area contributed by atoms with E-state index in [-0.39, 0.29) is 22.4 Å². The van der Waals surface area contributed by atoms with Crippen molar-refractivity contribution < 1.29 is 17.6 Å². The largest absolute Gasteiger partial charge is 0.325 e. The number of halogens is 2. The average molecular weight is 428 g/mol. The van der Waals surface area contributed by atoms with Crippen LogP contribution in [0.5, 0.6) is 0 Å². The number of benzene rings is 2. The van der Waals surface area contributed by atoms with Crippen molar-refractivity contribution in [2.45, 2.75) is 38.1 Å². The molecular formula is C19H23ClFN3O3S. The summed E-state index contributed by atoms with van der Waals surface area (Å²) in [5.41, 5.74) is 1.74. The Kier molecular flexibility index (Phi) is 6.50. The zero-order chi connectivity index (χ0) is 21.3. The summed E-state index contributed by atoms with van der Waals surface area (Å²) in [4.78, 5) is 12.3. The molecule has 0 heterocycles. The Hall–Kier alpha value is -2.00. The number of sulfonamides is 1. The van der Waals surface area contributed by atoms with Crippen LogP contribution in [0.15, 0.2) is 35.2 Å². The molecule has 2 rings (SSSR count). The molecule has 0 atom stereocenters. The summed E-state index contributed by atoms with van der Waals surface area (Å²) in [7, 11) is -3.89. The van der Waals surface area contributed by atoms with Gasteiger partial charge in [-0.2, -0.15) is 0 Å². The first-order chi connectivity index (χ1) is 12.8. The molecule has 2 aromatic rings. The zero-order valence-electron chi connectivity index (χ0n) is 16.1. The van der Waals surface area contributed by atoms with Crippen LogP contribution in [0, 0.1) is 19.7 Å². The van der Waals surface area contributed by atoms with Crippen molar-refractivity contribution in [2.75, 3.05) is 11.9 Å². The standard InChI is InChI=1S/C19H23ClFN3O3S/c1-11-7-14(28(22,26)27)9-17(12(11)2)24-18(25)10-23-19(3,4)15-6-5-13(21)8-16(15)20/h5-9,23H,10H2,1-4H3,(H,24,25)(H2,22,26,27). The lowest BCUT2D eigenvalue weighted by Crippen LogP contribution is -2.41. The van der Waals surface area contributed by atoms with E-state index in [1.54, 1.807) is 19.9 Å². The molecule has 0 bridgehead atoms. The van der Waals surface area contributed by atoms with Gasteiger partial charge in [0.05, 0.1) is 11.4 Å². The first-order valence-corrected chi connectivity index (χ1v) is 10.4. The molecule has 0 aliphatic heterocycles. The molecule has 0 saturated carbocycles. The van der Waals surface area contributed by atoms with Crippen LogP contribution < -0.4 is 15.8 Å². The molecule has 152 valence electrons. The van der Waals surface area contributed by atoms with E-state index in [1.807, 2.05) is 13.8 Å². The molecule has 0 aliphatic rings. The fourth-order valence-corrected chi connectivity index (χ4v) is 3.73. The molecule has 1 amide bonds. The average Bonchev–Trinajstić information content (AvgIpc) is 2.55. The summed E-state index contributed by atoms with van der Waals surface area (Å²) in [6, 6.07) is 6.86. The third-order valence-electron chi connectivity index (χ3n) is 4.54. The van der Waals surface area contributed by atoms with Crippen LogP contribution in [-0.4, -0.2) is 20.9 Å². The van der Waals surface area contributed by atoms with Gasteiger partial charge in [-0.15, -0.1) is 0 Å². The van der Waals surface area contributed by atoms with Gasteiger partial charge in [0.25, 0.3) is 0 Å². The number of aryl methyl sites for hydroxylation is 1. The van der Waals surface area contributed by atoms with Gasteiger partial charge in [0, 0.05) is 16.2 Å². The van der Waals surface area contributed by atoms with E-state index >= 15 is 0 Å². The highest BCUT2D eigenvalue weighted by Gasteiger charge is 2.24. The first-order valence-electron chi connectivity index (χ1n) is 8.46. The van der Waals surface area contributed by atoms with Gasteiger partial charge in [0.2, 0.25) is 15.9 Å². The highest BCUT2D eigenvalue weighted by atomic mass is 35.5. The van der Waals surface area contributed by atoms with E-state index in [1.165, 1.54) is 24.3 Å². The van der Waals surface area contributed by atoms with Gasteiger partial charge in [-0.3, -0.25) is 10.1 Å². The van der Waals surface area contributed by atoms with Gasteiger partial charge >= 0.3 is 0 Å². The lowest BCUT2D eigenvalue weighted by molar-refractivity contribution is -0.115. The summed E-state index contributed by atoms with van der Waals surface area (Å²) < 4.78 is 36.5. The first kappa shape index (κ1) is 22.3. The zero-order valence-corrected chi connectivity index (χ0v) is 17.6. The molecule has 0 unspecified atom stereocenters. The number of primary sulfonamides is 1.